The minimum Gasteiger partial charge on any atom is -0.464 e. The summed E-state index contributed by atoms with van der Waals surface area (Å²) in [6, 6.07) is -0.545. The zero-order valence-corrected chi connectivity index (χ0v) is 25.3. The highest BCUT2D eigenvalue weighted by Crippen LogP contribution is 2.28. The largest absolute Gasteiger partial charge is 0.464 e. The minimum absolute atomic E-state index is 0.0840. The van der Waals surface area contributed by atoms with Crippen LogP contribution in [0.3, 0.4) is 0 Å². The second-order valence-corrected chi connectivity index (χ2v) is 12.7. The standard InChI is InChI=1S/C27H46N2O10S/c1-19(30)36-18-24-26(38-21(3)32)27(39-22(4)33)25(37-20(2)31)17-28(24)15-11-6-7-12-16-29(40(5,34)35)23-13-9-8-10-14-23/h23-27H,6-18H2,1-5H3/t24-,25+,26-,27-/m1/s1. The van der Waals surface area contributed by atoms with Crippen molar-refractivity contribution in [3.05, 3.63) is 0 Å². The predicted molar refractivity (Wildman–Crippen MR) is 146 cm³/mol. The number of nitrogens with zero attached hydrogens (tertiary/aromatic N) is 2. The van der Waals surface area contributed by atoms with Crippen molar-refractivity contribution in [3.63, 3.8) is 0 Å². The summed E-state index contributed by atoms with van der Waals surface area (Å²) < 4.78 is 48.2. The number of unbranched alkanes of at least 4 members (excludes halogenated alkanes) is 3. The number of likely N-dealkylation sites (tertiary alicyclic amines) is 1. The van der Waals surface area contributed by atoms with Crippen LogP contribution in [0.1, 0.15) is 85.5 Å². The maximum atomic E-state index is 12.4. The van der Waals surface area contributed by atoms with Crippen LogP contribution in [0.15, 0.2) is 0 Å². The van der Waals surface area contributed by atoms with E-state index in [1.54, 1.807) is 4.31 Å². The van der Waals surface area contributed by atoms with Crippen LogP contribution in [0.2, 0.25) is 0 Å². The summed E-state index contributed by atoms with van der Waals surface area (Å²) in [5.74, 6) is -2.33. The Morgan fingerprint density at radius 2 is 1.35 bits per heavy atom. The van der Waals surface area contributed by atoms with E-state index in [0.717, 1.165) is 57.8 Å². The van der Waals surface area contributed by atoms with Gasteiger partial charge in [-0.25, -0.2) is 8.42 Å². The van der Waals surface area contributed by atoms with Gasteiger partial charge in [0.05, 0.1) is 12.3 Å². The van der Waals surface area contributed by atoms with E-state index in [2.05, 4.69) is 0 Å². The van der Waals surface area contributed by atoms with Gasteiger partial charge in [-0.15, -0.1) is 0 Å². The summed E-state index contributed by atoms with van der Waals surface area (Å²) in [5, 5.41) is 0. The number of carbonyl (C=O) groups excluding carboxylic acids is 4. The quantitative estimate of drug-likeness (QED) is 0.167. The molecule has 1 saturated heterocycles. The minimum atomic E-state index is -3.28. The first-order chi connectivity index (χ1) is 18.8. The predicted octanol–water partition coefficient (Wildman–Crippen LogP) is 2.18. The normalized spacial score (nSPS) is 24.4. The van der Waals surface area contributed by atoms with E-state index in [1.807, 2.05) is 4.90 Å². The molecule has 0 amide bonds. The summed E-state index contributed by atoms with van der Waals surface area (Å²) in [4.78, 5) is 49.2. The zero-order chi connectivity index (χ0) is 29.9. The number of carbonyl (C=O) groups is 4. The monoisotopic (exact) mass is 590 g/mol. The number of rotatable bonds is 14. The van der Waals surface area contributed by atoms with Gasteiger partial charge in [-0.05, 0) is 32.2 Å². The van der Waals surface area contributed by atoms with Gasteiger partial charge in [-0.2, -0.15) is 4.31 Å². The van der Waals surface area contributed by atoms with Gasteiger partial charge >= 0.3 is 23.9 Å². The SMILES string of the molecule is CC(=O)OC[C@@H]1[C@@H](OC(C)=O)[C@H](OC(C)=O)[C@@H](OC(C)=O)CN1CCCCCCN(C1CCCCC1)S(C)(=O)=O. The molecular formula is C27H46N2O10S. The lowest BCUT2D eigenvalue weighted by atomic mass is 9.92. The van der Waals surface area contributed by atoms with Crippen molar-refractivity contribution in [3.8, 4) is 0 Å². The van der Waals surface area contributed by atoms with Gasteiger partial charge in [0.15, 0.2) is 18.3 Å². The van der Waals surface area contributed by atoms with Crippen LogP contribution in [0.25, 0.3) is 0 Å². The first kappa shape index (κ1) is 34.0. The highest BCUT2D eigenvalue weighted by molar-refractivity contribution is 7.88. The Morgan fingerprint density at radius 1 is 0.775 bits per heavy atom. The molecule has 0 bridgehead atoms. The van der Waals surface area contributed by atoms with Crippen LogP contribution in [-0.4, -0.2) is 104 Å². The molecule has 1 saturated carbocycles. The molecule has 2 aliphatic rings. The van der Waals surface area contributed by atoms with Crippen LogP contribution in [0.4, 0.5) is 0 Å². The van der Waals surface area contributed by atoms with Gasteiger partial charge in [0.1, 0.15) is 6.61 Å². The molecule has 0 unspecified atom stereocenters. The highest BCUT2D eigenvalue weighted by atomic mass is 32.2. The Bertz CT molecular complexity index is 966. The third-order valence-electron chi connectivity index (χ3n) is 7.31. The molecule has 1 aliphatic carbocycles. The van der Waals surface area contributed by atoms with Crippen LogP contribution >= 0.6 is 0 Å². The van der Waals surface area contributed by atoms with Gasteiger partial charge in [0, 0.05) is 46.8 Å². The highest BCUT2D eigenvalue weighted by Gasteiger charge is 2.49. The Morgan fingerprint density at radius 3 is 1.90 bits per heavy atom. The Labute approximate surface area is 238 Å². The average Bonchev–Trinajstić information content (AvgIpc) is 2.83. The van der Waals surface area contributed by atoms with E-state index in [9.17, 15) is 27.6 Å². The molecule has 0 radical (unpaired) electrons. The van der Waals surface area contributed by atoms with Crippen LogP contribution in [0, 0.1) is 0 Å². The van der Waals surface area contributed by atoms with E-state index >= 15 is 0 Å². The van der Waals surface area contributed by atoms with E-state index in [0.29, 0.717) is 13.1 Å². The number of ether oxygens (including phenoxy) is 4. The second-order valence-electron chi connectivity index (χ2n) is 10.7. The van der Waals surface area contributed by atoms with Crippen molar-refractivity contribution in [2.75, 3.05) is 32.5 Å². The number of esters is 4. The molecule has 40 heavy (non-hydrogen) atoms. The molecule has 230 valence electrons. The van der Waals surface area contributed by atoms with Gasteiger partial charge < -0.3 is 18.9 Å². The fourth-order valence-electron chi connectivity index (χ4n) is 5.68. The van der Waals surface area contributed by atoms with Gasteiger partial charge in [0.2, 0.25) is 10.0 Å². The number of hydrogen-bond donors (Lipinski definition) is 0. The Kier molecular flexibility index (Phi) is 13.8. The average molecular weight is 591 g/mol. The summed E-state index contributed by atoms with van der Waals surface area (Å²) in [7, 11) is -3.28. The van der Waals surface area contributed by atoms with Crippen molar-refractivity contribution in [2.45, 2.75) is 116 Å². The first-order valence-electron chi connectivity index (χ1n) is 14.2. The number of piperidine rings is 1. The Balaban J connectivity index is 2.07. The summed E-state index contributed by atoms with van der Waals surface area (Å²) in [6.45, 7) is 6.03. The topological polar surface area (TPSA) is 146 Å². The summed E-state index contributed by atoms with van der Waals surface area (Å²) in [6.07, 6.45) is 6.47. The third kappa shape index (κ3) is 11.3. The first-order valence-corrected chi connectivity index (χ1v) is 16.0. The van der Waals surface area contributed by atoms with Crippen LogP contribution < -0.4 is 0 Å². The Hall–Kier alpha value is -2.25. The van der Waals surface area contributed by atoms with Crippen molar-refractivity contribution in [1.82, 2.24) is 9.21 Å². The van der Waals surface area contributed by atoms with Crippen molar-refractivity contribution >= 4 is 33.9 Å². The van der Waals surface area contributed by atoms with Gasteiger partial charge in [0.25, 0.3) is 0 Å². The van der Waals surface area contributed by atoms with Gasteiger partial charge in [-0.1, -0.05) is 32.1 Å². The van der Waals surface area contributed by atoms with Crippen molar-refractivity contribution in [2.24, 2.45) is 0 Å². The maximum Gasteiger partial charge on any atom is 0.303 e. The summed E-state index contributed by atoms with van der Waals surface area (Å²) in [5.41, 5.74) is 0. The molecule has 12 nitrogen and oxygen atoms in total. The fraction of sp³-hybridized carbons (Fsp3) is 0.852. The van der Waals surface area contributed by atoms with Crippen molar-refractivity contribution in [1.29, 1.82) is 0 Å². The second kappa shape index (κ2) is 16.3. The molecule has 0 aromatic rings. The van der Waals surface area contributed by atoms with E-state index in [1.165, 1.54) is 34.0 Å². The molecule has 0 aromatic heterocycles. The van der Waals surface area contributed by atoms with E-state index in [4.69, 9.17) is 18.9 Å². The molecule has 1 heterocycles. The molecule has 0 spiro atoms. The van der Waals surface area contributed by atoms with Crippen LogP contribution in [0.5, 0.6) is 0 Å². The molecular weight excluding hydrogens is 544 g/mol. The van der Waals surface area contributed by atoms with Gasteiger partial charge in [-0.3, -0.25) is 24.1 Å². The molecule has 2 rings (SSSR count). The lowest BCUT2D eigenvalue weighted by Gasteiger charge is -2.46. The van der Waals surface area contributed by atoms with Crippen LogP contribution in [-0.2, 0) is 48.1 Å². The fourth-order valence-corrected chi connectivity index (χ4v) is 6.90. The molecule has 0 N–H and O–H groups in total. The zero-order valence-electron chi connectivity index (χ0n) is 24.5. The smallest absolute Gasteiger partial charge is 0.303 e. The molecule has 4 atom stereocenters. The lowest BCUT2D eigenvalue weighted by molar-refractivity contribution is -0.207. The summed E-state index contributed by atoms with van der Waals surface area (Å²) >= 11 is 0. The molecule has 1 aliphatic heterocycles. The maximum absolute atomic E-state index is 12.4. The van der Waals surface area contributed by atoms with E-state index in [-0.39, 0.29) is 19.2 Å². The number of hydrogen-bond acceptors (Lipinski definition) is 11. The lowest BCUT2D eigenvalue weighted by Crippen LogP contribution is -2.65. The molecule has 0 aromatic carbocycles. The molecule has 13 heteroatoms. The number of sulfonamides is 1. The van der Waals surface area contributed by atoms with E-state index < -0.39 is 58.3 Å². The third-order valence-corrected chi connectivity index (χ3v) is 8.65. The van der Waals surface area contributed by atoms with Crippen molar-refractivity contribution < 1.29 is 46.5 Å². The molecule has 2 fully saturated rings.